The molecular formula is C28H25ClFN5. The standard InChI is InChI=1S/C28H25ClFN5/c1-33(2)21-10-12-34(17-21)22-14-19-13-18(6-9-25(19)31-16-22)28-27(23-15-20(29)7-8-24(23)30)32-26-5-3-4-11-35(26)28/h3-9,11,13-16,21H,10,12,17H2,1-2H3. The predicted molar refractivity (Wildman–Crippen MR) is 141 cm³/mol. The van der Waals surface area contributed by atoms with Crippen LogP contribution in [-0.2, 0) is 0 Å². The van der Waals surface area contributed by atoms with Gasteiger partial charge in [-0.3, -0.25) is 9.38 Å². The van der Waals surface area contributed by atoms with Crippen LogP contribution in [-0.4, -0.2) is 52.5 Å². The van der Waals surface area contributed by atoms with Crippen molar-refractivity contribution in [2.75, 3.05) is 32.1 Å². The molecule has 0 spiro atoms. The molecule has 0 radical (unpaired) electrons. The highest BCUT2D eigenvalue weighted by Gasteiger charge is 2.25. The third kappa shape index (κ3) is 3.93. The van der Waals surface area contributed by atoms with E-state index in [9.17, 15) is 4.39 Å². The predicted octanol–water partition coefficient (Wildman–Crippen LogP) is 6.15. The molecule has 3 aromatic heterocycles. The average Bonchev–Trinajstić information content (AvgIpc) is 3.50. The van der Waals surface area contributed by atoms with Crippen molar-refractivity contribution in [1.82, 2.24) is 19.3 Å². The maximum atomic E-state index is 14.9. The minimum absolute atomic E-state index is 0.353. The molecule has 0 saturated carbocycles. The van der Waals surface area contributed by atoms with Gasteiger partial charge in [0, 0.05) is 46.9 Å². The number of likely N-dealkylation sites (N-methyl/N-ethyl adjacent to an activating group) is 1. The quantitative estimate of drug-likeness (QED) is 0.306. The Hall–Kier alpha value is -3.48. The van der Waals surface area contributed by atoms with Crippen molar-refractivity contribution in [2.24, 2.45) is 0 Å². The van der Waals surface area contributed by atoms with Crippen molar-refractivity contribution >= 4 is 33.8 Å². The second kappa shape index (κ2) is 8.63. The monoisotopic (exact) mass is 485 g/mol. The number of aromatic nitrogens is 3. The van der Waals surface area contributed by atoms with Gasteiger partial charge in [0.1, 0.15) is 17.2 Å². The Balaban J connectivity index is 1.49. The lowest BCUT2D eigenvalue weighted by atomic mass is 10.0. The van der Waals surface area contributed by atoms with Crippen LogP contribution in [0, 0.1) is 5.82 Å². The fourth-order valence-corrected chi connectivity index (χ4v) is 5.15. The lowest BCUT2D eigenvalue weighted by molar-refractivity contribution is 0.315. The normalized spacial score (nSPS) is 16.1. The summed E-state index contributed by atoms with van der Waals surface area (Å²) in [6.07, 6.45) is 5.05. The van der Waals surface area contributed by atoms with E-state index in [4.69, 9.17) is 21.6 Å². The Morgan fingerprint density at radius 1 is 1.06 bits per heavy atom. The van der Waals surface area contributed by atoms with Crippen LogP contribution in [0.1, 0.15) is 6.42 Å². The molecule has 6 rings (SSSR count). The molecule has 0 bridgehead atoms. The molecule has 1 saturated heterocycles. The highest BCUT2D eigenvalue weighted by Crippen LogP contribution is 2.37. The smallest absolute Gasteiger partial charge is 0.137 e. The Morgan fingerprint density at radius 3 is 2.77 bits per heavy atom. The molecule has 1 unspecified atom stereocenters. The van der Waals surface area contributed by atoms with E-state index in [0.717, 1.165) is 53.0 Å². The van der Waals surface area contributed by atoms with Gasteiger partial charge >= 0.3 is 0 Å². The second-order valence-corrected chi connectivity index (χ2v) is 9.75. The number of anilines is 1. The highest BCUT2D eigenvalue weighted by atomic mass is 35.5. The molecule has 0 N–H and O–H groups in total. The molecule has 1 fully saturated rings. The summed E-state index contributed by atoms with van der Waals surface area (Å²) in [4.78, 5) is 14.2. The van der Waals surface area contributed by atoms with Crippen LogP contribution in [0.2, 0.25) is 5.02 Å². The molecule has 5 aromatic rings. The third-order valence-electron chi connectivity index (χ3n) is 6.91. The number of imidazole rings is 1. The molecule has 1 aliphatic rings. The first-order chi connectivity index (χ1) is 17.0. The number of nitrogens with zero attached hydrogens (tertiary/aromatic N) is 5. The molecule has 0 amide bonds. The molecule has 0 aliphatic carbocycles. The topological polar surface area (TPSA) is 36.7 Å². The van der Waals surface area contributed by atoms with Crippen LogP contribution < -0.4 is 4.90 Å². The van der Waals surface area contributed by atoms with Gasteiger partial charge in [-0.15, -0.1) is 0 Å². The summed E-state index contributed by atoms with van der Waals surface area (Å²) < 4.78 is 16.9. The zero-order chi connectivity index (χ0) is 24.1. The van der Waals surface area contributed by atoms with E-state index < -0.39 is 0 Å². The zero-order valence-electron chi connectivity index (χ0n) is 19.6. The van der Waals surface area contributed by atoms with Gasteiger partial charge in [-0.25, -0.2) is 9.37 Å². The van der Waals surface area contributed by atoms with Crippen LogP contribution in [0.15, 0.2) is 73.1 Å². The Labute approximate surface area is 208 Å². The Morgan fingerprint density at radius 2 is 1.94 bits per heavy atom. The van der Waals surface area contributed by atoms with Gasteiger partial charge < -0.3 is 9.80 Å². The van der Waals surface area contributed by atoms with Crippen molar-refractivity contribution in [3.05, 3.63) is 83.9 Å². The largest absolute Gasteiger partial charge is 0.369 e. The summed E-state index contributed by atoms with van der Waals surface area (Å²) in [7, 11) is 4.27. The maximum absolute atomic E-state index is 14.9. The molecule has 2 aromatic carbocycles. The van der Waals surface area contributed by atoms with Crippen LogP contribution in [0.3, 0.4) is 0 Å². The van der Waals surface area contributed by atoms with E-state index in [1.807, 2.05) is 47.1 Å². The van der Waals surface area contributed by atoms with Gasteiger partial charge in [0.15, 0.2) is 0 Å². The minimum Gasteiger partial charge on any atom is -0.369 e. The SMILES string of the molecule is CN(C)C1CCN(c2cnc3ccc(-c4c(-c5cc(Cl)ccc5F)nc5ccccn45)cc3c2)C1. The first-order valence-corrected chi connectivity index (χ1v) is 12.1. The third-order valence-corrected chi connectivity index (χ3v) is 7.15. The van der Waals surface area contributed by atoms with E-state index in [1.165, 1.54) is 6.07 Å². The summed E-state index contributed by atoms with van der Waals surface area (Å²) in [6.45, 7) is 2.01. The summed E-state index contributed by atoms with van der Waals surface area (Å²) in [5.74, 6) is -0.353. The van der Waals surface area contributed by atoms with Crippen LogP contribution >= 0.6 is 11.6 Å². The van der Waals surface area contributed by atoms with E-state index in [2.05, 4.69) is 36.0 Å². The van der Waals surface area contributed by atoms with Gasteiger partial charge in [-0.05, 0) is 69.0 Å². The average molecular weight is 486 g/mol. The van der Waals surface area contributed by atoms with Crippen molar-refractivity contribution in [1.29, 1.82) is 0 Å². The van der Waals surface area contributed by atoms with Crippen molar-refractivity contribution in [3.63, 3.8) is 0 Å². The number of hydrogen-bond donors (Lipinski definition) is 0. The lowest BCUT2D eigenvalue weighted by Crippen LogP contribution is -2.31. The number of benzene rings is 2. The van der Waals surface area contributed by atoms with Crippen molar-refractivity contribution < 1.29 is 4.39 Å². The molecule has 4 heterocycles. The number of fused-ring (bicyclic) bond motifs is 2. The summed E-state index contributed by atoms with van der Waals surface area (Å²) in [5, 5.41) is 1.51. The van der Waals surface area contributed by atoms with Gasteiger partial charge in [0.05, 0.1) is 23.1 Å². The number of rotatable bonds is 4. The number of pyridine rings is 2. The fourth-order valence-electron chi connectivity index (χ4n) is 4.98. The van der Waals surface area contributed by atoms with Crippen LogP contribution in [0.5, 0.6) is 0 Å². The Kier molecular flexibility index (Phi) is 5.43. The zero-order valence-corrected chi connectivity index (χ0v) is 20.4. The summed E-state index contributed by atoms with van der Waals surface area (Å²) in [5.41, 5.74) is 5.50. The molecule has 5 nitrogen and oxygen atoms in total. The summed E-state index contributed by atoms with van der Waals surface area (Å²) in [6, 6.07) is 19.3. The lowest BCUT2D eigenvalue weighted by Gasteiger charge is -2.21. The first-order valence-electron chi connectivity index (χ1n) is 11.7. The van der Waals surface area contributed by atoms with E-state index in [-0.39, 0.29) is 5.82 Å². The van der Waals surface area contributed by atoms with Crippen LogP contribution in [0.4, 0.5) is 10.1 Å². The highest BCUT2D eigenvalue weighted by molar-refractivity contribution is 6.30. The first kappa shape index (κ1) is 22.0. The van der Waals surface area contributed by atoms with Crippen molar-refractivity contribution in [3.8, 4) is 22.5 Å². The molecular weight excluding hydrogens is 461 g/mol. The fraction of sp³-hybridized carbons (Fsp3) is 0.214. The van der Waals surface area contributed by atoms with E-state index >= 15 is 0 Å². The van der Waals surface area contributed by atoms with E-state index in [0.29, 0.717) is 22.3 Å². The molecule has 176 valence electrons. The maximum Gasteiger partial charge on any atom is 0.137 e. The number of halogens is 2. The summed E-state index contributed by atoms with van der Waals surface area (Å²) >= 11 is 6.23. The molecule has 7 heteroatoms. The molecule has 1 aliphatic heterocycles. The van der Waals surface area contributed by atoms with E-state index in [1.54, 1.807) is 12.1 Å². The Bertz CT molecular complexity index is 1560. The van der Waals surface area contributed by atoms with Gasteiger partial charge in [0.25, 0.3) is 0 Å². The minimum atomic E-state index is -0.353. The molecule has 35 heavy (non-hydrogen) atoms. The van der Waals surface area contributed by atoms with Gasteiger partial charge in [-0.2, -0.15) is 0 Å². The number of hydrogen-bond acceptors (Lipinski definition) is 4. The second-order valence-electron chi connectivity index (χ2n) is 9.32. The van der Waals surface area contributed by atoms with Gasteiger partial charge in [0.2, 0.25) is 0 Å². The van der Waals surface area contributed by atoms with Crippen LogP contribution in [0.25, 0.3) is 39.1 Å². The molecule has 1 atom stereocenters. The van der Waals surface area contributed by atoms with Gasteiger partial charge in [-0.1, -0.05) is 23.7 Å². The van der Waals surface area contributed by atoms with Crippen molar-refractivity contribution in [2.45, 2.75) is 12.5 Å².